The lowest BCUT2D eigenvalue weighted by Gasteiger charge is -2.16. The van der Waals surface area contributed by atoms with E-state index < -0.39 is 0 Å². The van der Waals surface area contributed by atoms with Crippen LogP contribution in [0.3, 0.4) is 0 Å². The van der Waals surface area contributed by atoms with Crippen LogP contribution in [-0.4, -0.2) is 4.57 Å². The molecule has 0 atom stereocenters. The Balaban J connectivity index is 2.89. The van der Waals surface area contributed by atoms with Gasteiger partial charge in [-0.05, 0) is 43.9 Å². The Morgan fingerprint density at radius 1 is 1.06 bits per heavy atom. The van der Waals surface area contributed by atoms with E-state index in [-0.39, 0.29) is 5.56 Å². The first kappa shape index (κ1) is 12.9. The van der Waals surface area contributed by atoms with Gasteiger partial charge < -0.3 is 4.57 Å². The Kier molecular flexibility index (Phi) is 3.29. The van der Waals surface area contributed by atoms with Crippen LogP contribution in [0.15, 0.2) is 23.0 Å². The summed E-state index contributed by atoms with van der Waals surface area (Å²) < 4.78 is 1.92. The maximum Gasteiger partial charge on any atom is 0.251 e. The fraction of sp³-hybridized carbons (Fsp3) is 0.438. The van der Waals surface area contributed by atoms with Crippen molar-refractivity contribution in [2.45, 2.75) is 41.2 Å². The Hall–Kier alpha value is -1.57. The third-order valence-electron chi connectivity index (χ3n) is 3.29. The summed E-state index contributed by atoms with van der Waals surface area (Å²) in [5.74, 6) is 0.467. The molecule has 0 aliphatic heterocycles. The van der Waals surface area contributed by atoms with Gasteiger partial charge in [0.15, 0.2) is 0 Å². The minimum Gasteiger partial charge on any atom is -0.308 e. The van der Waals surface area contributed by atoms with Gasteiger partial charge in [-0.3, -0.25) is 4.79 Å². The average molecular weight is 243 g/mol. The predicted octanol–water partition coefficient (Wildman–Crippen LogP) is 3.58. The van der Waals surface area contributed by atoms with Crippen LogP contribution in [-0.2, 0) is 6.54 Å². The molecule has 0 N–H and O–H groups in total. The van der Waals surface area contributed by atoms with Gasteiger partial charge in [-0.1, -0.05) is 25.5 Å². The normalized spacial score (nSPS) is 11.4. The van der Waals surface area contributed by atoms with Crippen LogP contribution >= 0.6 is 0 Å². The molecule has 2 nitrogen and oxygen atoms in total. The minimum absolute atomic E-state index is 0.112. The van der Waals surface area contributed by atoms with E-state index in [1.54, 1.807) is 6.07 Å². The lowest BCUT2D eigenvalue weighted by Crippen LogP contribution is -2.23. The molecule has 0 saturated carbocycles. The van der Waals surface area contributed by atoms with Crippen molar-refractivity contribution in [3.05, 3.63) is 45.2 Å². The molecule has 0 aliphatic carbocycles. The van der Waals surface area contributed by atoms with Crippen molar-refractivity contribution in [1.82, 2.24) is 4.57 Å². The van der Waals surface area contributed by atoms with Gasteiger partial charge in [0.25, 0.3) is 5.56 Å². The summed E-state index contributed by atoms with van der Waals surface area (Å²) in [4.78, 5) is 12.2. The Bertz CT molecular complexity index is 650. The highest BCUT2D eigenvalue weighted by atomic mass is 16.1. The zero-order valence-corrected chi connectivity index (χ0v) is 11.9. The lowest BCUT2D eigenvalue weighted by atomic mass is 10.0. The summed E-state index contributed by atoms with van der Waals surface area (Å²) >= 11 is 0. The Labute approximate surface area is 108 Å². The maximum absolute atomic E-state index is 12.2. The summed E-state index contributed by atoms with van der Waals surface area (Å²) in [7, 11) is 0. The molecule has 0 radical (unpaired) electrons. The first-order valence-electron chi connectivity index (χ1n) is 6.51. The van der Waals surface area contributed by atoms with Gasteiger partial charge in [-0.25, -0.2) is 0 Å². The molecule has 0 spiro atoms. The summed E-state index contributed by atoms with van der Waals surface area (Å²) in [6, 6.07) is 6.08. The van der Waals surface area contributed by atoms with Gasteiger partial charge in [0.1, 0.15) is 0 Å². The van der Waals surface area contributed by atoms with Crippen LogP contribution in [0, 0.1) is 26.7 Å². The molecule has 0 aliphatic rings. The fourth-order valence-electron chi connectivity index (χ4n) is 2.62. The SMILES string of the molecule is Cc1cc(C)c2c(c1)c(C)cc(=O)n2CC(C)C. The number of pyridine rings is 1. The molecule has 1 aromatic heterocycles. The van der Waals surface area contributed by atoms with Gasteiger partial charge >= 0.3 is 0 Å². The Morgan fingerprint density at radius 2 is 1.72 bits per heavy atom. The van der Waals surface area contributed by atoms with Crippen LogP contribution in [0.25, 0.3) is 10.9 Å². The average Bonchev–Trinajstić information content (AvgIpc) is 2.23. The van der Waals surface area contributed by atoms with Crippen LogP contribution in [0.2, 0.25) is 0 Å². The van der Waals surface area contributed by atoms with Crippen LogP contribution in [0.4, 0.5) is 0 Å². The second-order valence-electron chi connectivity index (χ2n) is 5.65. The topological polar surface area (TPSA) is 22.0 Å². The van der Waals surface area contributed by atoms with E-state index in [4.69, 9.17) is 0 Å². The quantitative estimate of drug-likeness (QED) is 0.790. The van der Waals surface area contributed by atoms with Crippen molar-refractivity contribution >= 4 is 10.9 Å². The fourth-order valence-corrected chi connectivity index (χ4v) is 2.62. The highest BCUT2D eigenvalue weighted by Gasteiger charge is 2.10. The summed E-state index contributed by atoms with van der Waals surface area (Å²) in [5, 5.41) is 1.20. The third-order valence-corrected chi connectivity index (χ3v) is 3.29. The number of aromatic nitrogens is 1. The lowest BCUT2D eigenvalue weighted by molar-refractivity contribution is 0.523. The van der Waals surface area contributed by atoms with Crippen molar-refractivity contribution in [3.8, 4) is 0 Å². The molecule has 18 heavy (non-hydrogen) atoms. The van der Waals surface area contributed by atoms with E-state index in [1.807, 2.05) is 11.5 Å². The van der Waals surface area contributed by atoms with E-state index in [1.165, 1.54) is 16.5 Å². The minimum atomic E-state index is 0.112. The van der Waals surface area contributed by atoms with Crippen molar-refractivity contribution in [3.63, 3.8) is 0 Å². The second kappa shape index (κ2) is 4.60. The summed E-state index contributed by atoms with van der Waals surface area (Å²) in [6.45, 7) is 11.3. The van der Waals surface area contributed by atoms with Gasteiger partial charge in [-0.2, -0.15) is 0 Å². The van der Waals surface area contributed by atoms with Crippen molar-refractivity contribution in [2.24, 2.45) is 5.92 Å². The highest BCUT2D eigenvalue weighted by molar-refractivity contribution is 5.86. The monoisotopic (exact) mass is 243 g/mol. The molecular weight excluding hydrogens is 222 g/mol. The van der Waals surface area contributed by atoms with Crippen molar-refractivity contribution in [2.75, 3.05) is 0 Å². The molecule has 1 aromatic carbocycles. The van der Waals surface area contributed by atoms with Gasteiger partial charge in [0.05, 0.1) is 5.52 Å². The molecule has 0 amide bonds. The molecule has 0 unspecified atom stereocenters. The molecule has 2 aromatic rings. The number of hydrogen-bond donors (Lipinski definition) is 0. The third kappa shape index (κ3) is 2.20. The van der Waals surface area contributed by atoms with E-state index >= 15 is 0 Å². The largest absolute Gasteiger partial charge is 0.308 e. The maximum atomic E-state index is 12.2. The first-order valence-corrected chi connectivity index (χ1v) is 6.51. The zero-order valence-electron chi connectivity index (χ0n) is 11.9. The molecule has 96 valence electrons. The van der Waals surface area contributed by atoms with Crippen molar-refractivity contribution < 1.29 is 0 Å². The number of benzene rings is 1. The first-order chi connectivity index (χ1) is 8.40. The van der Waals surface area contributed by atoms with Crippen molar-refractivity contribution in [1.29, 1.82) is 0 Å². The van der Waals surface area contributed by atoms with Gasteiger partial charge in [0.2, 0.25) is 0 Å². The zero-order chi connectivity index (χ0) is 13.4. The van der Waals surface area contributed by atoms with Crippen LogP contribution in [0.5, 0.6) is 0 Å². The summed E-state index contributed by atoms with van der Waals surface area (Å²) in [6.07, 6.45) is 0. The van der Waals surface area contributed by atoms with Gasteiger partial charge in [0, 0.05) is 18.0 Å². The molecular formula is C16H21NO. The van der Waals surface area contributed by atoms with Crippen LogP contribution in [0.1, 0.15) is 30.5 Å². The standard InChI is InChI=1S/C16H21NO/c1-10(2)9-17-15(18)8-12(4)14-7-11(3)6-13(5)16(14)17/h6-8,10H,9H2,1-5H3. The van der Waals surface area contributed by atoms with E-state index in [0.717, 1.165) is 17.6 Å². The second-order valence-corrected chi connectivity index (χ2v) is 5.65. The molecule has 0 bridgehead atoms. The van der Waals surface area contributed by atoms with Crippen LogP contribution < -0.4 is 5.56 Å². The molecule has 2 rings (SSSR count). The smallest absolute Gasteiger partial charge is 0.251 e. The number of hydrogen-bond acceptors (Lipinski definition) is 1. The number of aryl methyl sites for hydroxylation is 3. The van der Waals surface area contributed by atoms with E-state index in [9.17, 15) is 4.79 Å². The molecule has 0 fully saturated rings. The van der Waals surface area contributed by atoms with Gasteiger partial charge in [-0.15, -0.1) is 0 Å². The number of rotatable bonds is 2. The highest BCUT2D eigenvalue weighted by Crippen LogP contribution is 2.22. The van der Waals surface area contributed by atoms with E-state index in [0.29, 0.717) is 5.92 Å². The predicted molar refractivity (Wildman–Crippen MR) is 77.3 cm³/mol. The number of fused-ring (bicyclic) bond motifs is 1. The number of nitrogens with zero attached hydrogens (tertiary/aromatic N) is 1. The summed E-state index contributed by atoms with van der Waals surface area (Å²) in [5.41, 5.74) is 4.71. The van der Waals surface area contributed by atoms with E-state index in [2.05, 4.69) is 39.8 Å². The Morgan fingerprint density at radius 3 is 2.33 bits per heavy atom. The molecule has 2 heteroatoms. The molecule has 1 heterocycles. The molecule has 0 saturated heterocycles.